The van der Waals surface area contributed by atoms with Crippen molar-refractivity contribution in [2.24, 2.45) is 0 Å². The highest BCUT2D eigenvalue weighted by Gasteiger charge is 2.04. The summed E-state index contributed by atoms with van der Waals surface area (Å²) >= 11 is 0. The van der Waals surface area contributed by atoms with E-state index < -0.39 is 6.23 Å². The van der Waals surface area contributed by atoms with Crippen molar-refractivity contribution in [1.82, 2.24) is 5.32 Å². The summed E-state index contributed by atoms with van der Waals surface area (Å²) in [6.07, 6.45) is -0.771. The molecule has 0 bridgehead atoms. The first-order valence-electron chi connectivity index (χ1n) is 4.25. The summed E-state index contributed by atoms with van der Waals surface area (Å²) in [5.74, 6) is 0.763. The number of rotatable bonds is 4. The van der Waals surface area contributed by atoms with E-state index in [1.807, 2.05) is 19.1 Å². The second kappa shape index (κ2) is 4.84. The maximum absolute atomic E-state index is 9.00. The third-order valence-electron chi connectivity index (χ3n) is 1.48. The first kappa shape index (κ1) is 10.0. The molecular formula is C10H14NO2. The van der Waals surface area contributed by atoms with Crippen molar-refractivity contribution < 1.29 is 9.84 Å². The molecule has 0 heterocycles. The summed E-state index contributed by atoms with van der Waals surface area (Å²) in [4.78, 5) is 0. The molecular weight excluding hydrogens is 166 g/mol. The van der Waals surface area contributed by atoms with E-state index >= 15 is 0 Å². The SMILES string of the molecule is CC(O)NC(C)Oc1cc[c]cc1. The average Bonchev–Trinajstić information content (AvgIpc) is 2.04. The van der Waals surface area contributed by atoms with E-state index in [2.05, 4.69) is 11.4 Å². The van der Waals surface area contributed by atoms with Crippen LogP contribution in [0.1, 0.15) is 13.8 Å². The van der Waals surface area contributed by atoms with Gasteiger partial charge in [-0.3, -0.25) is 5.32 Å². The van der Waals surface area contributed by atoms with Gasteiger partial charge in [0.15, 0.2) is 0 Å². The number of benzene rings is 1. The Labute approximate surface area is 78.3 Å². The Morgan fingerprint density at radius 2 is 2.00 bits per heavy atom. The highest BCUT2D eigenvalue weighted by molar-refractivity contribution is 5.20. The fraction of sp³-hybridized carbons (Fsp3) is 0.400. The van der Waals surface area contributed by atoms with Crippen LogP contribution in [0, 0.1) is 6.07 Å². The molecule has 3 heteroatoms. The first-order chi connectivity index (χ1) is 6.18. The topological polar surface area (TPSA) is 41.5 Å². The Morgan fingerprint density at radius 3 is 2.54 bits per heavy atom. The van der Waals surface area contributed by atoms with Crippen LogP contribution >= 0.6 is 0 Å². The molecule has 71 valence electrons. The van der Waals surface area contributed by atoms with Crippen molar-refractivity contribution in [3.8, 4) is 5.75 Å². The zero-order chi connectivity index (χ0) is 9.68. The van der Waals surface area contributed by atoms with Crippen LogP contribution in [0.3, 0.4) is 0 Å². The predicted molar refractivity (Wildman–Crippen MR) is 50.2 cm³/mol. The molecule has 2 N–H and O–H groups in total. The molecule has 1 aromatic carbocycles. The van der Waals surface area contributed by atoms with E-state index in [-0.39, 0.29) is 6.23 Å². The lowest BCUT2D eigenvalue weighted by atomic mass is 10.3. The lowest BCUT2D eigenvalue weighted by Gasteiger charge is -2.17. The molecule has 0 aliphatic rings. The molecule has 13 heavy (non-hydrogen) atoms. The fourth-order valence-electron chi connectivity index (χ4n) is 1.03. The van der Waals surface area contributed by atoms with E-state index in [1.54, 1.807) is 19.1 Å². The van der Waals surface area contributed by atoms with Gasteiger partial charge in [-0.2, -0.15) is 0 Å². The van der Waals surface area contributed by atoms with Gasteiger partial charge < -0.3 is 9.84 Å². The van der Waals surface area contributed by atoms with Crippen LogP contribution in [-0.2, 0) is 0 Å². The minimum Gasteiger partial charge on any atom is -0.476 e. The van der Waals surface area contributed by atoms with Crippen molar-refractivity contribution in [2.75, 3.05) is 0 Å². The monoisotopic (exact) mass is 180 g/mol. The normalized spacial score (nSPS) is 15.0. The highest BCUT2D eigenvalue weighted by atomic mass is 16.5. The molecule has 0 aromatic heterocycles. The lowest BCUT2D eigenvalue weighted by molar-refractivity contribution is 0.0769. The minimum absolute atomic E-state index is 0.206. The molecule has 0 aliphatic carbocycles. The summed E-state index contributed by atoms with van der Waals surface area (Å²) in [7, 11) is 0. The lowest BCUT2D eigenvalue weighted by Crippen LogP contribution is -2.37. The molecule has 0 fully saturated rings. The predicted octanol–water partition coefficient (Wildman–Crippen LogP) is 1.14. The molecule has 0 amide bonds. The summed E-state index contributed by atoms with van der Waals surface area (Å²) in [5, 5.41) is 11.8. The van der Waals surface area contributed by atoms with E-state index in [1.165, 1.54) is 0 Å². The second-order valence-corrected chi connectivity index (χ2v) is 2.84. The molecule has 0 saturated heterocycles. The van der Waals surface area contributed by atoms with Gasteiger partial charge >= 0.3 is 0 Å². The maximum Gasteiger partial charge on any atom is 0.149 e. The van der Waals surface area contributed by atoms with Crippen molar-refractivity contribution >= 4 is 0 Å². The maximum atomic E-state index is 9.00. The van der Waals surface area contributed by atoms with Crippen LogP contribution in [0.2, 0.25) is 0 Å². The summed E-state index contributed by atoms with van der Waals surface area (Å²) in [5.41, 5.74) is 0. The van der Waals surface area contributed by atoms with Gasteiger partial charge in [0.25, 0.3) is 0 Å². The Balaban J connectivity index is 2.41. The molecule has 1 rings (SSSR count). The highest BCUT2D eigenvalue weighted by Crippen LogP contribution is 2.09. The van der Waals surface area contributed by atoms with Crippen molar-refractivity contribution in [1.29, 1.82) is 0 Å². The van der Waals surface area contributed by atoms with Gasteiger partial charge in [0.1, 0.15) is 18.2 Å². The third-order valence-corrected chi connectivity index (χ3v) is 1.48. The largest absolute Gasteiger partial charge is 0.476 e. The van der Waals surface area contributed by atoms with E-state index in [0.29, 0.717) is 0 Å². The number of aliphatic hydroxyl groups excluding tert-OH is 1. The molecule has 0 aliphatic heterocycles. The van der Waals surface area contributed by atoms with E-state index in [0.717, 1.165) is 5.75 Å². The average molecular weight is 180 g/mol. The van der Waals surface area contributed by atoms with Crippen molar-refractivity contribution in [2.45, 2.75) is 26.3 Å². The van der Waals surface area contributed by atoms with Crippen LogP contribution < -0.4 is 10.1 Å². The van der Waals surface area contributed by atoms with Gasteiger partial charge in [-0.1, -0.05) is 12.1 Å². The number of ether oxygens (including phenoxy) is 1. The number of hydrogen-bond donors (Lipinski definition) is 2. The molecule has 0 spiro atoms. The zero-order valence-corrected chi connectivity index (χ0v) is 7.82. The number of nitrogens with one attached hydrogen (secondary N) is 1. The number of hydrogen-bond acceptors (Lipinski definition) is 3. The molecule has 3 nitrogen and oxygen atoms in total. The Kier molecular flexibility index (Phi) is 3.73. The van der Waals surface area contributed by atoms with E-state index in [4.69, 9.17) is 9.84 Å². The van der Waals surface area contributed by atoms with Gasteiger partial charge in [0.2, 0.25) is 0 Å². The van der Waals surface area contributed by atoms with Crippen LogP contribution in [0.15, 0.2) is 24.3 Å². The zero-order valence-electron chi connectivity index (χ0n) is 7.82. The number of aliphatic hydroxyl groups is 1. The second-order valence-electron chi connectivity index (χ2n) is 2.84. The van der Waals surface area contributed by atoms with Gasteiger partial charge in [-0.15, -0.1) is 0 Å². The molecule has 1 aromatic rings. The van der Waals surface area contributed by atoms with Crippen LogP contribution in [0.4, 0.5) is 0 Å². The van der Waals surface area contributed by atoms with Gasteiger partial charge in [0, 0.05) is 0 Å². The van der Waals surface area contributed by atoms with Gasteiger partial charge in [-0.25, -0.2) is 0 Å². The summed E-state index contributed by atoms with van der Waals surface area (Å²) in [6.45, 7) is 3.49. The Morgan fingerprint density at radius 1 is 1.38 bits per heavy atom. The smallest absolute Gasteiger partial charge is 0.149 e. The van der Waals surface area contributed by atoms with Crippen molar-refractivity contribution in [3.05, 3.63) is 30.3 Å². The molecule has 2 unspecified atom stereocenters. The quantitative estimate of drug-likeness (QED) is 0.683. The fourth-order valence-corrected chi connectivity index (χ4v) is 1.03. The molecule has 0 saturated carbocycles. The Bertz CT molecular complexity index is 236. The molecule has 1 radical (unpaired) electrons. The summed E-state index contributed by atoms with van der Waals surface area (Å²) < 4.78 is 5.43. The van der Waals surface area contributed by atoms with Crippen molar-refractivity contribution in [3.63, 3.8) is 0 Å². The third kappa shape index (κ3) is 3.92. The Hall–Kier alpha value is -1.06. The van der Waals surface area contributed by atoms with Gasteiger partial charge in [0.05, 0.1) is 0 Å². The van der Waals surface area contributed by atoms with Gasteiger partial charge in [-0.05, 0) is 32.0 Å². The molecule has 2 atom stereocenters. The van der Waals surface area contributed by atoms with E-state index in [9.17, 15) is 0 Å². The first-order valence-corrected chi connectivity index (χ1v) is 4.25. The van der Waals surface area contributed by atoms with Crippen LogP contribution in [0.25, 0.3) is 0 Å². The standard InChI is InChI=1S/C10H14NO2/c1-8(12)11-9(2)13-10-6-4-3-5-7-10/h4-9,11-12H,1-2H3. The minimum atomic E-state index is -0.565. The van der Waals surface area contributed by atoms with Crippen LogP contribution in [-0.4, -0.2) is 17.6 Å². The summed E-state index contributed by atoms with van der Waals surface area (Å²) in [6, 6.07) is 10.1. The van der Waals surface area contributed by atoms with Crippen LogP contribution in [0.5, 0.6) is 5.75 Å².